The lowest BCUT2D eigenvalue weighted by molar-refractivity contribution is 0.143. The lowest BCUT2D eigenvalue weighted by Crippen LogP contribution is -2.14. The van der Waals surface area contributed by atoms with Crippen molar-refractivity contribution in [1.29, 1.82) is 0 Å². The van der Waals surface area contributed by atoms with Crippen LogP contribution in [0.1, 0.15) is 19.4 Å². The van der Waals surface area contributed by atoms with Crippen molar-refractivity contribution < 1.29 is 9.50 Å². The molecular weight excluding hydrogens is 295 g/mol. The Hall–Kier alpha value is -2.91. The number of hydrogen-bond donors (Lipinski definition) is 2. The van der Waals surface area contributed by atoms with Crippen LogP contribution in [-0.2, 0) is 0 Å². The van der Waals surface area contributed by atoms with Crippen LogP contribution in [0.25, 0.3) is 16.7 Å². The Balaban J connectivity index is 2.17. The van der Waals surface area contributed by atoms with E-state index in [1.54, 1.807) is 49.0 Å². The smallest absolute Gasteiger partial charge is 0.221 e. The Kier molecular flexibility index (Phi) is 3.51. The normalized spacial score (nSPS) is 11.3. The average molecular weight is 310 g/mol. The molecule has 0 aliphatic carbocycles. The van der Waals surface area contributed by atoms with Crippen LogP contribution in [0.3, 0.4) is 0 Å². The second kappa shape index (κ2) is 5.38. The van der Waals surface area contributed by atoms with Gasteiger partial charge in [-0.2, -0.15) is 4.98 Å². The highest BCUT2D eigenvalue weighted by atomic mass is 19.1. The molecule has 0 saturated carbocycles. The van der Waals surface area contributed by atoms with E-state index >= 15 is 0 Å². The molecule has 3 aromatic rings. The Labute approximate surface area is 132 Å². The molecular formula is C17H15FN4O. The summed E-state index contributed by atoms with van der Waals surface area (Å²) in [6.45, 7) is 3.09. The first-order valence-corrected chi connectivity index (χ1v) is 6.98. The van der Waals surface area contributed by atoms with Crippen molar-refractivity contribution >= 4 is 16.9 Å². The maximum Gasteiger partial charge on any atom is 0.221 e. The highest BCUT2D eigenvalue weighted by molar-refractivity contribution is 5.83. The summed E-state index contributed by atoms with van der Waals surface area (Å²) in [6.07, 6.45) is 3.33. The van der Waals surface area contributed by atoms with Crippen LogP contribution in [0, 0.1) is 17.7 Å². The zero-order chi connectivity index (χ0) is 16.6. The third kappa shape index (κ3) is 3.15. The summed E-state index contributed by atoms with van der Waals surface area (Å²) in [6, 6.07) is 6.53. The topological polar surface area (TPSA) is 77.0 Å². The Morgan fingerprint density at radius 3 is 2.78 bits per heavy atom. The van der Waals surface area contributed by atoms with Crippen molar-refractivity contribution in [2.24, 2.45) is 0 Å². The van der Waals surface area contributed by atoms with Gasteiger partial charge >= 0.3 is 0 Å². The molecule has 2 heterocycles. The van der Waals surface area contributed by atoms with Crippen molar-refractivity contribution in [1.82, 2.24) is 14.5 Å². The standard InChI is InChI=1S/C17H15FN4O/c1-17(2,23)6-3-11-10-14-12(9-13(11)18)5-8-22(14)15-4-7-20-16(19)21-15/h4-5,7-10,23H,1-2H3,(H2,19,20,21). The largest absolute Gasteiger partial charge is 0.378 e. The van der Waals surface area contributed by atoms with Gasteiger partial charge < -0.3 is 15.4 Å². The minimum atomic E-state index is -1.19. The highest BCUT2D eigenvalue weighted by Gasteiger charge is 2.11. The van der Waals surface area contributed by atoms with Gasteiger partial charge in [0.05, 0.1) is 11.1 Å². The fourth-order valence-electron chi connectivity index (χ4n) is 2.17. The number of aliphatic hydroxyl groups is 1. The summed E-state index contributed by atoms with van der Waals surface area (Å²) in [5.41, 5.74) is 5.37. The molecule has 116 valence electrons. The van der Waals surface area contributed by atoms with Gasteiger partial charge in [-0.3, -0.25) is 0 Å². The minimum Gasteiger partial charge on any atom is -0.378 e. The molecule has 2 aromatic heterocycles. The second-order valence-corrected chi connectivity index (χ2v) is 5.66. The molecule has 0 aliphatic rings. The first kappa shape index (κ1) is 15.0. The van der Waals surface area contributed by atoms with Crippen molar-refractivity contribution in [3.05, 3.63) is 48.0 Å². The number of aromatic nitrogens is 3. The number of fused-ring (bicyclic) bond motifs is 1. The van der Waals surface area contributed by atoms with Crippen molar-refractivity contribution in [2.75, 3.05) is 5.73 Å². The van der Waals surface area contributed by atoms with Crippen LogP contribution in [0.4, 0.5) is 10.3 Å². The lowest BCUT2D eigenvalue weighted by atomic mass is 10.1. The quantitative estimate of drug-likeness (QED) is 0.676. The van der Waals surface area contributed by atoms with E-state index in [-0.39, 0.29) is 11.5 Å². The van der Waals surface area contributed by atoms with Gasteiger partial charge in [-0.05, 0) is 38.1 Å². The number of halogens is 1. The fraction of sp³-hybridized carbons (Fsp3) is 0.176. The van der Waals surface area contributed by atoms with Crippen molar-refractivity contribution in [3.8, 4) is 17.7 Å². The monoisotopic (exact) mass is 310 g/mol. The summed E-state index contributed by atoms with van der Waals surface area (Å²) in [4.78, 5) is 8.02. The van der Waals surface area contributed by atoms with E-state index < -0.39 is 11.4 Å². The molecule has 0 atom stereocenters. The molecule has 0 aliphatic heterocycles. The van der Waals surface area contributed by atoms with Gasteiger partial charge in [-0.1, -0.05) is 11.8 Å². The molecule has 0 saturated heterocycles. The van der Waals surface area contributed by atoms with Gasteiger partial charge in [-0.25, -0.2) is 9.37 Å². The molecule has 0 spiro atoms. The van der Waals surface area contributed by atoms with E-state index in [1.165, 1.54) is 6.07 Å². The molecule has 0 bridgehead atoms. The molecule has 23 heavy (non-hydrogen) atoms. The van der Waals surface area contributed by atoms with Crippen LogP contribution in [0.5, 0.6) is 0 Å². The predicted octanol–water partition coefficient (Wildman–Crippen LogP) is 2.26. The Morgan fingerprint density at radius 2 is 2.09 bits per heavy atom. The summed E-state index contributed by atoms with van der Waals surface area (Å²) in [5.74, 6) is 5.60. The minimum absolute atomic E-state index is 0.161. The van der Waals surface area contributed by atoms with Crippen LogP contribution in [0.2, 0.25) is 0 Å². The molecule has 0 unspecified atom stereocenters. The fourth-order valence-corrected chi connectivity index (χ4v) is 2.17. The number of rotatable bonds is 1. The molecule has 3 N–H and O–H groups in total. The highest BCUT2D eigenvalue weighted by Crippen LogP contribution is 2.23. The number of hydrogen-bond acceptors (Lipinski definition) is 4. The third-order valence-corrected chi connectivity index (χ3v) is 3.19. The van der Waals surface area contributed by atoms with Gasteiger partial charge in [-0.15, -0.1) is 0 Å². The maximum atomic E-state index is 14.1. The molecule has 5 nitrogen and oxygen atoms in total. The van der Waals surface area contributed by atoms with Gasteiger partial charge in [0.2, 0.25) is 5.95 Å². The molecule has 0 amide bonds. The lowest BCUT2D eigenvalue weighted by Gasteiger charge is -2.07. The molecule has 1 aromatic carbocycles. The van der Waals surface area contributed by atoms with Crippen molar-refractivity contribution in [3.63, 3.8) is 0 Å². The molecule has 3 rings (SSSR count). The number of nitrogens with zero attached hydrogens (tertiary/aromatic N) is 3. The van der Waals surface area contributed by atoms with Crippen LogP contribution in [-0.4, -0.2) is 25.2 Å². The summed E-state index contributed by atoms with van der Waals surface area (Å²) < 4.78 is 15.9. The number of benzene rings is 1. The number of nitrogens with two attached hydrogens (primary N) is 1. The number of anilines is 1. The maximum absolute atomic E-state index is 14.1. The first-order chi connectivity index (χ1) is 10.8. The number of nitrogen functional groups attached to an aromatic ring is 1. The SMILES string of the molecule is CC(C)(O)C#Cc1cc2c(ccn2-c2ccnc(N)n2)cc1F. The Morgan fingerprint density at radius 1 is 1.30 bits per heavy atom. The van der Waals surface area contributed by atoms with Crippen molar-refractivity contribution in [2.45, 2.75) is 19.4 Å². The van der Waals surface area contributed by atoms with E-state index in [0.29, 0.717) is 11.2 Å². The summed E-state index contributed by atoms with van der Waals surface area (Å²) in [7, 11) is 0. The van der Waals surface area contributed by atoms with Gasteiger partial charge in [0.1, 0.15) is 17.2 Å². The van der Waals surface area contributed by atoms with Crippen LogP contribution >= 0.6 is 0 Å². The third-order valence-electron chi connectivity index (χ3n) is 3.19. The molecule has 0 radical (unpaired) electrons. The predicted molar refractivity (Wildman–Crippen MR) is 86.4 cm³/mol. The molecule has 6 heteroatoms. The van der Waals surface area contributed by atoms with E-state index in [2.05, 4.69) is 21.8 Å². The zero-order valence-corrected chi connectivity index (χ0v) is 12.7. The van der Waals surface area contributed by atoms with Crippen LogP contribution in [0.15, 0.2) is 36.7 Å². The van der Waals surface area contributed by atoms with Gasteiger partial charge in [0.25, 0.3) is 0 Å². The van der Waals surface area contributed by atoms with Gasteiger partial charge in [0.15, 0.2) is 0 Å². The second-order valence-electron chi connectivity index (χ2n) is 5.66. The first-order valence-electron chi connectivity index (χ1n) is 6.98. The van der Waals surface area contributed by atoms with E-state index in [1.807, 2.05) is 0 Å². The Bertz CT molecular complexity index is 945. The van der Waals surface area contributed by atoms with E-state index in [9.17, 15) is 9.50 Å². The zero-order valence-electron chi connectivity index (χ0n) is 12.7. The average Bonchev–Trinajstić information content (AvgIpc) is 2.86. The summed E-state index contributed by atoms with van der Waals surface area (Å²) in [5, 5.41) is 10.4. The van der Waals surface area contributed by atoms with E-state index in [4.69, 9.17) is 5.73 Å². The van der Waals surface area contributed by atoms with Gasteiger partial charge in [0, 0.05) is 17.8 Å². The summed E-state index contributed by atoms with van der Waals surface area (Å²) >= 11 is 0. The van der Waals surface area contributed by atoms with Crippen LogP contribution < -0.4 is 5.73 Å². The molecule has 0 fully saturated rings. The van der Waals surface area contributed by atoms with E-state index in [0.717, 1.165) is 5.52 Å².